The predicted molar refractivity (Wildman–Crippen MR) is 88.7 cm³/mol. The minimum Gasteiger partial charge on any atom is -0.313 e. The lowest BCUT2D eigenvalue weighted by Gasteiger charge is -2.27. The minimum absolute atomic E-state index is 0.0911. The predicted octanol–water partition coefficient (Wildman–Crippen LogP) is 3.26. The second-order valence-corrected chi connectivity index (χ2v) is 6.44. The molecule has 1 unspecified atom stereocenters. The van der Waals surface area contributed by atoms with Gasteiger partial charge >= 0.3 is 0 Å². The molecule has 1 aromatic carbocycles. The highest BCUT2D eigenvalue weighted by molar-refractivity contribution is 9.10. The highest BCUT2D eigenvalue weighted by Gasteiger charge is 2.21. The Balaban J connectivity index is 2.02. The van der Waals surface area contributed by atoms with Gasteiger partial charge in [0.2, 0.25) is 0 Å². The molecular weight excluding hydrogens is 328 g/mol. The first-order valence-electron chi connectivity index (χ1n) is 7.33. The van der Waals surface area contributed by atoms with Crippen LogP contribution in [0.3, 0.4) is 0 Å². The zero-order chi connectivity index (χ0) is 14.8. The van der Waals surface area contributed by atoms with E-state index in [1.807, 2.05) is 29.8 Å². The Bertz CT molecular complexity index is 691. The maximum atomic E-state index is 12.3. The molecule has 2 aromatic rings. The van der Waals surface area contributed by atoms with Crippen molar-refractivity contribution < 1.29 is 0 Å². The fourth-order valence-electron chi connectivity index (χ4n) is 3.11. The summed E-state index contributed by atoms with van der Waals surface area (Å²) in [5, 5.41) is 3.36. The number of aromatic nitrogens is 1. The van der Waals surface area contributed by atoms with Gasteiger partial charge in [0.05, 0.1) is 6.54 Å². The third-order valence-electron chi connectivity index (χ3n) is 4.21. The summed E-state index contributed by atoms with van der Waals surface area (Å²) < 4.78 is 2.99. The summed E-state index contributed by atoms with van der Waals surface area (Å²) in [5.41, 5.74) is 3.71. The number of hydrogen-bond donors (Lipinski definition) is 1. The molecule has 21 heavy (non-hydrogen) atoms. The van der Waals surface area contributed by atoms with Gasteiger partial charge in [0, 0.05) is 22.3 Å². The van der Waals surface area contributed by atoms with E-state index in [4.69, 9.17) is 0 Å². The van der Waals surface area contributed by atoms with Gasteiger partial charge in [-0.05, 0) is 49.6 Å². The van der Waals surface area contributed by atoms with Crippen molar-refractivity contribution in [2.45, 2.75) is 31.8 Å². The monoisotopic (exact) mass is 346 g/mol. The highest BCUT2D eigenvalue weighted by Crippen LogP contribution is 2.28. The summed E-state index contributed by atoms with van der Waals surface area (Å²) in [7, 11) is 1.99. The number of nitrogens with zero attached hydrogens (tertiary/aromatic N) is 1. The van der Waals surface area contributed by atoms with Gasteiger partial charge in [0.25, 0.3) is 5.56 Å². The second kappa shape index (κ2) is 6.16. The molecule has 3 rings (SSSR count). The largest absolute Gasteiger partial charge is 0.313 e. The number of benzene rings is 1. The van der Waals surface area contributed by atoms with Crippen LogP contribution in [0.15, 0.2) is 45.7 Å². The molecule has 1 heterocycles. The van der Waals surface area contributed by atoms with Crippen molar-refractivity contribution in [2.24, 2.45) is 0 Å². The lowest BCUT2D eigenvalue weighted by atomic mass is 9.91. The van der Waals surface area contributed by atoms with Crippen molar-refractivity contribution in [3.05, 3.63) is 68.0 Å². The number of nitrogens with one attached hydrogen (secondary N) is 1. The molecule has 3 nitrogen and oxygen atoms in total. The average Bonchev–Trinajstić information content (AvgIpc) is 2.51. The van der Waals surface area contributed by atoms with E-state index in [0.29, 0.717) is 12.6 Å². The molecular formula is C17H19BrN2O. The third-order valence-corrected chi connectivity index (χ3v) is 4.74. The van der Waals surface area contributed by atoms with E-state index < -0.39 is 0 Å². The van der Waals surface area contributed by atoms with E-state index in [2.05, 4.69) is 33.4 Å². The van der Waals surface area contributed by atoms with E-state index in [9.17, 15) is 4.79 Å². The van der Waals surface area contributed by atoms with Gasteiger partial charge in [-0.2, -0.15) is 0 Å². The fourth-order valence-corrected chi connectivity index (χ4v) is 3.37. The van der Waals surface area contributed by atoms with Gasteiger partial charge < -0.3 is 9.88 Å². The molecule has 1 aliphatic carbocycles. The Morgan fingerprint density at radius 3 is 2.71 bits per heavy atom. The smallest absolute Gasteiger partial charge is 0.251 e. The second-order valence-electron chi connectivity index (χ2n) is 5.52. The molecule has 0 saturated carbocycles. The topological polar surface area (TPSA) is 34.0 Å². The summed E-state index contributed by atoms with van der Waals surface area (Å²) in [6.07, 6.45) is 3.25. The molecule has 1 N–H and O–H groups in total. The number of halogens is 1. The van der Waals surface area contributed by atoms with Gasteiger partial charge in [0.1, 0.15) is 0 Å². The Morgan fingerprint density at radius 1 is 1.24 bits per heavy atom. The van der Waals surface area contributed by atoms with E-state index >= 15 is 0 Å². The molecule has 1 aliphatic rings. The molecule has 1 aromatic heterocycles. The van der Waals surface area contributed by atoms with E-state index in [1.165, 1.54) is 11.3 Å². The number of fused-ring (bicyclic) bond motifs is 1. The van der Waals surface area contributed by atoms with E-state index in [0.717, 1.165) is 29.3 Å². The van der Waals surface area contributed by atoms with Crippen molar-refractivity contribution in [3.63, 3.8) is 0 Å². The molecule has 1 atom stereocenters. The first kappa shape index (κ1) is 14.5. The highest BCUT2D eigenvalue weighted by atomic mass is 79.9. The van der Waals surface area contributed by atoms with Crippen molar-refractivity contribution in [3.8, 4) is 0 Å². The van der Waals surface area contributed by atoms with Crippen LogP contribution in [0.2, 0.25) is 0 Å². The lowest BCUT2D eigenvalue weighted by molar-refractivity contribution is 0.473. The molecule has 0 radical (unpaired) electrons. The number of rotatable bonds is 3. The first-order valence-corrected chi connectivity index (χ1v) is 8.12. The zero-order valence-corrected chi connectivity index (χ0v) is 13.7. The minimum atomic E-state index is 0.0911. The molecule has 0 amide bonds. The third kappa shape index (κ3) is 2.97. The zero-order valence-electron chi connectivity index (χ0n) is 12.1. The van der Waals surface area contributed by atoms with Gasteiger partial charge in [-0.25, -0.2) is 0 Å². The van der Waals surface area contributed by atoms with Crippen LogP contribution in [-0.4, -0.2) is 11.6 Å². The van der Waals surface area contributed by atoms with Gasteiger partial charge in [-0.1, -0.05) is 34.1 Å². The van der Waals surface area contributed by atoms with E-state index in [-0.39, 0.29) is 5.56 Å². The van der Waals surface area contributed by atoms with Crippen LogP contribution in [0, 0.1) is 0 Å². The fraction of sp³-hybridized carbons (Fsp3) is 0.353. The maximum absolute atomic E-state index is 12.3. The Labute approximate surface area is 133 Å². The van der Waals surface area contributed by atoms with Gasteiger partial charge in [-0.15, -0.1) is 0 Å². The molecule has 0 bridgehead atoms. The standard InChI is InChI=1S/C17H19BrN2O/c1-19-15-3-2-4-16-14(15)9-10-17(21)20(16)11-12-5-7-13(18)8-6-12/h5-10,15,19H,2-4,11H2,1H3. The lowest BCUT2D eigenvalue weighted by Crippen LogP contribution is -2.30. The van der Waals surface area contributed by atoms with Crippen LogP contribution >= 0.6 is 15.9 Å². The van der Waals surface area contributed by atoms with Gasteiger partial charge in [-0.3, -0.25) is 4.79 Å². The summed E-state index contributed by atoms with van der Waals surface area (Å²) in [6.45, 7) is 0.645. The van der Waals surface area contributed by atoms with Crippen LogP contribution in [0.4, 0.5) is 0 Å². The van der Waals surface area contributed by atoms with Crippen LogP contribution in [0.5, 0.6) is 0 Å². The molecule has 0 aliphatic heterocycles. The summed E-state index contributed by atoms with van der Waals surface area (Å²) in [4.78, 5) is 12.3. The van der Waals surface area contributed by atoms with Crippen molar-refractivity contribution in [1.29, 1.82) is 0 Å². The maximum Gasteiger partial charge on any atom is 0.251 e. The van der Waals surface area contributed by atoms with Crippen LogP contribution in [0.1, 0.15) is 35.7 Å². The quantitative estimate of drug-likeness (QED) is 0.925. The molecule has 110 valence electrons. The Kier molecular flexibility index (Phi) is 4.27. The first-order chi connectivity index (χ1) is 10.2. The molecule has 4 heteroatoms. The Hall–Kier alpha value is -1.39. The molecule has 0 spiro atoms. The van der Waals surface area contributed by atoms with Crippen molar-refractivity contribution in [2.75, 3.05) is 7.05 Å². The number of hydrogen-bond acceptors (Lipinski definition) is 2. The van der Waals surface area contributed by atoms with Gasteiger partial charge in [0.15, 0.2) is 0 Å². The summed E-state index contributed by atoms with van der Waals surface area (Å²) >= 11 is 3.45. The number of pyridine rings is 1. The summed E-state index contributed by atoms with van der Waals surface area (Å²) in [6, 6.07) is 12.2. The normalized spacial score (nSPS) is 17.5. The molecule has 0 saturated heterocycles. The molecule has 0 fully saturated rings. The van der Waals surface area contributed by atoms with E-state index in [1.54, 1.807) is 6.07 Å². The summed E-state index contributed by atoms with van der Waals surface area (Å²) in [5.74, 6) is 0. The Morgan fingerprint density at radius 2 is 2.00 bits per heavy atom. The van der Waals surface area contributed by atoms with Crippen molar-refractivity contribution in [1.82, 2.24) is 9.88 Å². The van der Waals surface area contributed by atoms with Crippen LogP contribution < -0.4 is 10.9 Å². The average molecular weight is 347 g/mol. The van der Waals surface area contributed by atoms with Crippen molar-refractivity contribution >= 4 is 15.9 Å². The SMILES string of the molecule is CNC1CCCc2c1ccc(=O)n2Cc1ccc(Br)cc1. The van der Waals surface area contributed by atoms with Crippen LogP contribution in [0.25, 0.3) is 0 Å². The van der Waals surface area contributed by atoms with Crippen LogP contribution in [-0.2, 0) is 13.0 Å².